The Morgan fingerprint density at radius 3 is 2.65 bits per heavy atom. The Hall–Kier alpha value is -1.88. The summed E-state index contributed by atoms with van der Waals surface area (Å²) >= 11 is 0. The van der Waals surface area contributed by atoms with Crippen LogP contribution in [0.2, 0.25) is 0 Å². The van der Waals surface area contributed by atoms with Crippen molar-refractivity contribution in [2.75, 3.05) is 39.3 Å². The molecule has 5 nitrogen and oxygen atoms in total. The summed E-state index contributed by atoms with van der Waals surface area (Å²) in [4.78, 5) is 28.6. The van der Waals surface area contributed by atoms with Crippen LogP contribution in [0, 0.1) is 0 Å². The van der Waals surface area contributed by atoms with Gasteiger partial charge in [0.2, 0.25) is 11.8 Å². The molecule has 1 saturated heterocycles. The SMILES string of the molecule is CCNC(=O)CN1CCN(C(=O)[C@@H]2CCc3ccccc32)CC1. The van der Waals surface area contributed by atoms with Crippen molar-refractivity contribution in [3.8, 4) is 0 Å². The zero-order valence-electron chi connectivity index (χ0n) is 13.8. The number of piperazine rings is 1. The first-order valence-electron chi connectivity index (χ1n) is 8.54. The summed E-state index contributed by atoms with van der Waals surface area (Å²) in [5.74, 6) is 0.353. The van der Waals surface area contributed by atoms with Crippen molar-refractivity contribution < 1.29 is 9.59 Å². The van der Waals surface area contributed by atoms with E-state index in [0.717, 1.165) is 39.0 Å². The minimum absolute atomic E-state index is 0.0288. The fourth-order valence-electron chi connectivity index (χ4n) is 3.62. The molecular weight excluding hydrogens is 290 g/mol. The van der Waals surface area contributed by atoms with Crippen molar-refractivity contribution in [1.29, 1.82) is 0 Å². The van der Waals surface area contributed by atoms with Crippen molar-refractivity contribution in [3.05, 3.63) is 35.4 Å². The van der Waals surface area contributed by atoms with E-state index in [1.807, 2.05) is 24.0 Å². The second kappa shape index (κ2) is 7.13. The van der Waals surface area contributed by atoms with Crippen molar-refractivity contribution in [2.45, 2.75) is 25.7 Å². The highest BCUT2D eigenvalue weighted by Gasteiger charge is 2.33. The molecule has 124 valence electrons. The van der Waals surface area contributed by atoms with E-state index in [4.69, 9.17) is 0 Å². The van der Waals surface area contributed by atoms with E-state index in [1.165, 1.54) is 11.1 Å². The number of amides is 2. The minimum Gasteiger partial charge on any atom is -0.355 e. The Morgan fingerprint density at radius 2 is 1.91 bits per heavy atom. The smallest absolute Gasteiger partial charge is 0.234 e. The Kier molecular flexibility index (Phi) is 4.96. The molecule has 0 aromatic heterocycles. The number of hydrogen-bond donors (Lipinski definition) is 1. The van der Waals surface area contributed by atoms with Crippen molar-refractivity contribution in [3.63, 3.8) is 0 Å². The number of carbonyl (C=O) groups excluding carboxylic acids is 2. The topological polar surface area (TPSA) is 52.7 Å². The third-order valence-corrected chi connectivity index (χ3v) is 4.86. The molecule has 0 bridgehead atoms. The van der Waals surface area contributed by atoms with Gasteiger partial charge in [-0.3, -0.25) is 14.5 Å². The molecule has 3 rings (SSSR count). The molecule has 1 atom stereocenters. The molecule has 0 saturated carbocycles. The molecule has 23 heavy (non-hydrogen) atoms. The maximum Gasteiger partial charge on any atom is 0.234 e. The van der Waals surface area contributed by atoms with Gasteiger partial charge in [0.1, 0.15) is 0 Å². The molecule has 0 spiro atoms. The van der Waals surface area contributed by atoms with Crippen LogP contribution in [0.4, 0.5) is 0 Å². The summed E-state index contributed by atoms with van der Waals surface area (Å²) in [5, 5.41) is 2.82. The molecule has 5 heteroatoms. The third kappa shape index (κ3) is 3.55. The fourth-order valence-corrected chi connectivity index (χ4v) is 3.62. The second-order valence-electron chi connectivity index (χ2n) is 6.35. The van der Waals surface area contributed by atoms with Crippen LogP contribution >= 0.6 is 0 Å². The van der Waals surface area contributed by atoms with Gasteiger partial charge in [-0.1, -0.05) is 24.3 Å². The van der Waals surface area contributed by atoms with E-state index in [1.54, 1.807) is 0 Å². The van der Waals surface area contributed by atoms with E-state index in [2.05, 4.69) is 22.3 Å². The van der Waals surface area contributed by atoms with Crippen molar-refractivity contribution in [1.82, 2.24) is 15.1 Å². The number of rotatable bonds is 4. The lowest BCUT2D eigenvalue weighted by Crippen LogP contribution is -2.51. The molecular formula is C18H25N3O2. The third-order valence-electron chi connectivity index (χ3n) is 4.86. The van der Waals surface area contributed by atoms with Gasteiger partial charge in [-0.05, 0) is 30.9 Å². The molecule has 1 heterocycles. The molecule has 2 amide bonds. The van der Waals surface area contributed by atoms with Crippen LogP contribution in [-0.2, 0) is 16.0 Å². The van der Waals surface area contributed by atoms with Gasteiger partial charge < -0.3 is 10.2 Å². The van der Waals surface area contributed by atoms with Gasteiger partial charge in [0.05, 0.1) is 12.5 Å². The van der Waals surface area contributed by atoms with Crippen LogP contribution in [0.5, 0.6) is 0 Å². The molecule has 1 aliphatic heterocycles. The highest BCUT2D eigenvalue weighted by Crippen LogP contribution is 2.34. The minimum atomic E-state index is 0.0288. The number of benzene rings is 1. The summed E-state index contributed by atoms with van der Waals surface area (Å²) in [6.45, 7) is 6.01. The number of fused-ring (bicyclic) bond motifs is 1. The summed E-state index contributed by atoms with van der Waals surface area (Å²) < 4.78 is 0. The van der Waals surface area contributed by atoms with Gasteiger partial charge >= 0.3 is 0 Å². The lowest BCUT2D eigenvalue weighted by Gasteiger charge is -2.35. The van der Waals surface area contributed by atoms with Crippen LogP contribution < -0.4 is 5.32 Å². The first-order chi connectivity index (χ1) is 11.2. The van der Waals surface area contributed by atoms with E-state index < -0.39 is 0 Å². The Bertz CT molecular complexity index is 579. The largest absolute Gasteiger partial charge is 0.355 e. The zero-order valence-corrected chi connectivity index (χ0v) is 13.8. The van der Waals surface area contributed by atoms with Crippen LogP contribution in [0.3, 0.4) is 0 Å². The average Bonchev–Trinajstić information content (AvgIpc) is 2.99. The number of hydrogen-bond acceptors (Lipinski definition) is 3. The molecule has 1 aliphatic carbocycles. The Labute approximate surface area is 137 Å². The van der Waals surface area contributed by atoms with Crippen LogP contribution in [-0.4, -0.2) is 60.9 Å². The maximum atomic E-state index is 12.8. The summed E-state index contributed by atoms with van der Waals surface area (Å²) in [6, 6.07) is 8.30. The first-order valence-corrected chi connectivity index (χ1v) is 8.54. The summed E-state index contributed by atoms with van der Waals surface area (Å²) in [5.41, 5.74) is 2.53. The number of carbonyl (C=O) groups is 2. The van der Waals surface area contributed by atoms with Crippen LogP contribution in [0.15, 0.2) is 24.3 Å². The Balaban J connectivity index is 1.54. The molecule has 1 N–H and O–H groups in total. The number of nitrogens with one attached hydrogen (secondary N) is 1. The zero-order chi connectivity index (χ0) is 16.2. The van der Waals surface area contributed by atoms with Gasteiger partial charge in [0, 0.05) is 32.7 Å². The highest BCUT2D eigenvalue weighted by molar-refractivity contribution is 5.85. The van der Waals surface area contributed by atoms with E-state index in [0.29, 0.717) is 13.1 Å². The highest BCUT2D eigenvalue weighted by atomic mass is 16.2. The normalized spacial score (nSPS) is 21.1. The molecule has 0 radical (unpaired) electrons. The first kappa shape index (κ1) is 16.0. The van der Waals surface area contributed by atoms with Crippen molar-refractivity contribution in [2.24, 2.45) is 0 Å². The second-order valence-corrected chi connectivity index (χ2v) is 6.35. The molecule has 2 aliphatic rings. The summed E-state index contributed by atoms with van der Waals surface area (Å²) in [6.07, 6.45) is 1.93. The Morgan fingerprint density at radius 1 is 1.17 bits per heavy atom. The lowest BCUT2D eigenvalue weighted by atomic mass is 9.99. The van der Waals surface area contributed by atoms with E-state index >= 15 is 0 Å². The van der Waals surface area contributed by atoms with Gasteiger partial charge in [0.25, 0.3) is 0 Å². The summed E-state index contributed by atoms with van der Waals surface area (Å²) in [7, 11) is 0. The van der Waals surface area contributed by atoms with Crippen LogP contribution in [0.1, 0.15) is 30.4 Å². The lowest BCUT2D eigenvalue weighted by molar-refractivity contribution is -0.134. The predicted molar refractivity (Wildman–Crippen MR) is 89.2 cm³/mol. The van der Waals surface area contributed by atoms with Crippen LogP contribution in [0.25, 0.3) is 0 Å². The fraction of sp³-hybridized carbons (Fsp3) is 0.556. The van der Waals surface area contributed by atoms with Gasteiger partial charge in [0.15, 0.2) is 0 Å². The molecule has 1 fully saturated rings. The van der Waals surface area contributed by atoms with E-state index in [9.17, 15) is 9.59 Å². The number of nitrogens with zero attached hydrogens (tertiary/aromatic N) is 2. The number of likely N-dealkylation sites (N-methyl/N-ethyl adjacent to an activating group) is 1. The van der Waals surface area contributed by atoms with Gasteiger partial charge in [-0.25, -0.2) is 0 Å². The van der Waals surface area contributed by atoms with E-state index in [-0.39, 0.29) is 17.7 Å². The quantitative estimate of drug-likeness (QED) is 0.902. The van der Waals surface area contributed by atoms with Gasteiger partial charge in [-0.15, -0.1) is 0 Å². The molecule has 1 aromatic rings. The molecule has 1 aromatic carbocycles. The monoisotopic (exact) mass is 315 g/mol. The predicted octanol–water partition coefficient (Wildman–Crippen LogP) is 0.997. The maximum absolute atomic E-state index is 12.8. The average molecular weight is 315 g/mol. The van der Waals surface area contributed by atoms with Crippen molar-refractivity contribution >= 4 is 11.8 Å². The van der Waals surface area contributed by atoms with Gasteiger partial charge in [-0.2, -0.15) is 0 Å². The standard InChI is InChI=1S/C18H25N3O2/c1-2-19-17(22)13-20-9-11-21(12-10-20)18(23)16-8-7-14-5-3-4-6-15(14)16/h3-6,16H,2,7-13H2,1H3,(H,19,22)/t16-/m1/s1. The number of aryl methyl sites for hydroxylation is 1. The molecule has 0 unspecified atom stereocenters.